The molecular weight excluding hydrogens is 202 g/mol. The second-order valence-electron chi connectivity index (χ2n) is 4.44. The molecule has 0 heterocycles. The Morgan fingerprint density at radius 3 is 2.38 bits per heavy atom. The van der Waals surface area contributed by atoms with Crippen LogP contribution in [0.25, 0.3) is 0 Å². The van der Waals surface area contributed by atoms with Gasteiger partial charge in [-0.1, -0.05) is 33.1 Å². The Morgan fingerprint density at radius 2 is 1.88 bits per heavy atom. The molecule has 0 saturated heterocycles. The van der Waals surface area contributed by atoms with Crippen molar-refractivity contribution in [1.29, 1.82) is 0 Å². The number of ether oxygens (including phenoxy) is 1. The third kappa shape index (κ3) is 5.50. The first kappa shape index (κ1) is 15.4. The first-order chi connectivity index (χ1) is 7.60. The molecule has 0 rings (SSSR count). The highest BCUT2D eigenvalue weighted by molar-refractivity contribution is 5.80. The number of nitrogens with one attached hydrogen (secondary N) is 1. The lowest BCUT2D eigenvalue weighted by atomic mass is 9.94. The summed E-state index contributed by atoms with van der Waals surface area (Å²) in [5.74, 6) is -0.112. The normalized spacial score (nSPS) is 14.5. The molecule has 0 radical (unpaired) electrons. The highest BCUT2D eigenvalue weighted by Gasteiger charge is 2.33. The first-order valence-electron chi connectivity index (χ1n) is 6.53. The summed E-state index contributed by atoms with van der Waals surface area (Å²) in [5, 5.41) is 3.31. The molecule has 0 saturated carbocycles. The van der Waals surface area contributed by atoms with Crippen molar-refractivity contribution in [2.75, 3.05) is 13.2 Å². The molecule has 0 bridgehead atoms. The maximum atomic E-state index is 11.9. The van der Waals surface area contributed by atoms with Crippen molar-refractivity contribution in [2.45, 2.75) is 65.3 Å². The van der Waals surface area contributed by atoms with E-state index < -0.39 is 5.54 Å². The van der Waals surface area contributed by atoms with E-state index in [0.717, 1.165) is 25.8 Å². The minimum Gasteiger partial charge on any atom is -0.465 e. The minimum atomic E-state index is -0.499. The van der Waals surface area contributed by atoms with Crippen LogP contribution in [0, 0.1) is 0 Å². The third-order valence-corrected chi connectivity index (χ3v) is 2.77. The fourth-order valence-corrected chi connectivity index (χ4v) is 1.68. The fourth-order valence-electron chi connectivity index (χ4n) is 1.68. The molecule has 0 amide bonds. The first-order valence-corrected chi connectivity index (χ1v) is 6.53. The molecule has 0 aliphatic carbocycles. The summed E-state index contributed by atoms with van der Waals surface area (Å²) in [6.45, 7) is 9.39. The van der Waals surface area contributed by atoms with Gasteiger partial charge < -0.3 is 10.1 Å². The number of hydrogen-bond donors (Lipinski definition) is 1. The molecule has 0 fully saturated rings. The Hall–Kier alpha value is -0.570. The number of carbonyl (C=O) groups is 1. The SMILES string of the molecule is CCCCCC(C)(NCCC)C(=O)OCC. The van der Waals surface area contributed by atoms with Gasteiger partial charge in [0, 0.05) is 0 Å². The smallest absolute Gasteiger partial charge is 0.326 e. The molecule has 3 nitrogen and oxygen atoms in total. The molecule has 16 heavy (non-hydrogen) atoms. The zero-order chi connectivity index (χ0) is 12.4. The molecule has 0 aromatic carbocycles. The fraction of sp³-hybridized carbons (Fsp3) is 0.923. The van der Waals surface area contributed by atoms with Crippen LogP contribution in [0.15, 0.2) is 0 Å². The van der Waals surface area contributed by atoms with Gasteiger partial charge in [-0.05, 0) is 33.2 Å². The summed E-state index contributed by atoms with van der Waals surface area (Å²) < 4.78 is 5.13. The summed E-state index contributed by atoms with van der Waals surface area (Å²) in [7, 11) is 0. The number of esters is 1. The molecule has 0 aromatic heterocycles. The third-order valence-electron chi connectivity index (χ3n) is 2.77. The molecule has 1 atom stereocenters. The maximum Gasteiger partial charge on any atom is 0.326 e. The van der Waals surface area contributed by atoms with Crippen molar-refractivity contribution >= 4 is 5.97 Å². The summed E-state index contributed by atoms with van der Waals surface area (Å²) in [6, 6.07) is 0. The van der Waals surface area contributed by atoms with Gasteiger partial charge in [0.15, 0.2) is 0 Å². The molecule has 0 aromatic rings. The van der Waals surface area contributed by atoms with Crippen molar-refractivity contribution in [2.24, 2.45) is 0 Å². The van der Waals surface area contributed by atoms with Gasteiger partial charge in [0.2, 0.25) is 0 Å². The van der Waals surface area contributed by atoms with E-state index in [0.29, 0.717) is 6.61 Å². The lowest BCUT2D eigenvalue weighted by Gasteiger charge is -2.28. The maximum absolute atomic E-state index is 11.9. The van der Waals surface area contributed by atoms with Crippen molar-refractivity contribution in [3.8, 4) is 0 Å². The lowest BCUT2D eigenvalue weighted by molar-refractivity contribution is -0.150. The van der Waals surface area contributed by atoms with E-state index in [1.807, 2.05) is 13.8 Å². The van der Waals surface area contributed by atoms with E-state index in [1.165, 1.54) is 12.8 Å². The van der Waals surface area contributed by atoms with E-state index in [9.17, 15) is 4.79 Å². The molecule has 3 heteroatoms. The van der Waals surface area contributed by atoms with Crippen LogP contribution >= 0.6 is 0 Å². The number of carbonyl (C=O) groups excluding carboxylic acids is 1. The Labute approximate surface area is 99.9 Å². The van der Waals surface area contributed by atoms with Gasteiger partial charge in [-0.2, -0.15) is 0 Å². The van der Waals surface area contributed by atoms with Gasteiger partial charge in [0.25, 0.3) is 0 Å². The molecule has 96 valence electrons. The van der Waals surface area contributed by atoms with E-state index in [4.69, 9.17) is 4.74 Å². The van der Waals surface area contributed by atoms with Gasteiger partial charge >= 0.3 is 5.97 Å². The second kappa shape index (κ2) is 8.57. The highest BCUT2D eigenvalue weighted by Crippen LogP contribution is 2.17. The van der Waals surface area contributed by atoms with Gasteiger partial charge in [0.05, 0.1) is 6.61 Å². The summed E-state index contributed by atoms with van der Waals surface area (Å²) >= 11 is 0. The van der Waals surface area contributed by atoms with Crippen LogP contribution in [-0.4, -0.2) is 24.7 Å². The minimum absolute atomic E-state index is 0.112. The predicted molar refractivity (Wildman–Crippen MR) is 67.5 cm³/mol. The number of hydrogen-bond acceptors (Lipinski definition) is 3. The Bertz CT molecular complexity index is 194. The largest absolute Gasteiger partial charge is 0.465 e. The van der Waals surface area contributed by atoms with E-state index in [1.54, 1.807) is 0 Å². The zero-order valence-electron chi connectivity index (χ0n) is 11.3. The van der Waals surface area contributed by atoms with Gasteiger partial charge in [-0.3, -0.25) is 4.79 Å². The molecule has 1 N–H and O–H groups in total. The summed E-state index contributed by atoms with van der Waals surface area (Å²) in [6.07, 6.45) is 5.31. The Kier molecular flexibility index (Phi) is 8.26. The zero-order valence-corrected chi connectivity index (χ0v) is 11.3. The van der Waals surface area contributed by atoms with Crippen LogP contribution in [-0.2, 0) is 9.53 Å². The average molecular weight is 229 g/mol. The highest BCUT2D eigenvalue weighted by atomic mass is 16.5. The van der Waals surface area contributed by atoms with Crippen LogP contribution < -0.4 is 5.32 Å². The number of unbranched alkanes of at least 4 members (excludes halogenated alkanes) is 2. The van der Waals surface area contributed by atoms with Crippen LogP contribution in [0.5, 0.6) is 0 Å². The Morgan fingerprint density at radius 1 is 1.19 bits per heavy atom. The Balaban J connectivity index is 4.28. The van der Waals surface area contributed by atoms with Crippen molar-refractivity contribution in [3.63, 3.8) is 0 Å². The lowest BCUT2D eigenvalue weighted by Crippen LogP contribution is -2.50. The predicted octanol–water partition coefficient (Wildman–Crippen LogP) is 2.89. The standard InChI is InChI=1S/C13H27NO2/c1-5-8-9-10-13(4,14-11-6-2)12(15)16-7-3/h14H,5-11H2,1-4H3. The van der Waals surface area contributed by atoms with Gasteiger partial charge in [-0.15, -0.1) is 0 Å². The molecule has 0 spiro atoms. The average Bonchev–Trinajstić information content (AvgIpc) is 2.27. The van der Waals surface area contributed by atoms with Crippen LogP contribution in [0.2, 0.25) is 0 Å². The molecular formula is C13H27NO2. The summed E-state index contributed by atoms with van der Waals surface area (Å²) in [5.41, 5.74) is -0.499. The molecule has 0 aliphatic heterocycles. The monoisotopic (exact) mass is 229 g/mol. The molecule has 1 unspecified atom stereocenters. The van der Waals surface area contributed by atoms with Crippen molar-refractivity contribution < 1.29 is 9.53 Å². The summed E-state index contributed by atoms with van der Waals surface area (Å²) in [4.78, 5) is 11.9. The van der Waals surface area contributed by atoms with Crippen LogP contribution in [0.4, 0.5) is 0 Å². The van der Waals surface area contributed by atoms with Crippen LogP contribution in [0.1, 0.15) is 59.8 Å². The van der Waals surface area contributed by atoms with Crippen molar-refractivity contribution in [3.05, 3.63) is 0 Å². The van der Waals surface area contributed by atoms with Gasteiger partial charge in [0.1, 0.15) is 5.54 Å². The second-order valence-corrected chi connectivity index (χ2v) is 4.44. The van der Waals surface area contributed by atoms with E-state index in [-0.39, 0.29) is 5.97 Å². The number of rotatable bonds is 9. The van der Waals surface area contributed by atoms with Crippen molar-refractivity contribution in [1.82, 2.24) is 5.32 Å². The van der Waals surface area contributed by atoms with E-state index >= 15 is 0 Å². The molecule has 0 aliphatic rings. The quantitative estimate of drug-likeness (QED) is 0.488. The van der Waals surface area contributed by atoms with E-state index in [2.05, 4.69) is 19.2 Å². The van der Waals surface area contributed by atoms with Crippen LogP contribution in [0.3, 0.4) is 0 Å². The topological polar surface area (TPSA) is 38.3 Å². The van der Waals surface area contributed by atoms with Gasteiger partial charge in [-0.25, -0.2) is 0 Å².